The number of aromatic nitrogens is 5. The zero-order valence-electron chi connectivity index (χ0n) is 15.5. The van der Waals surface area contributed by atoms with Crippen molar-refractivity contribution in [2.45, 2.75) is 25.8 Å². The first-order valence-electron chi connectivity index (χ1n) is 9.12. The molecule has 28 heavy (non-hydrogen) atoms. The van der Waals surface area contributed by atoms with Gasteiger partial charge in [-0.2, -0.15) is 4.98 Å². The second-order valence-corrected chi connectivity index (χ2v) is 7.03. The van der Waals surface area contributed by atoms with Gasteiger partial charge < -0.3 is 14.4 Å². The Hall–Kier alpha value is -3.55. The molecule has 4 heterocycles. The molecule has 5 rings (SSSR count). The van der Waals surface area contributed by atoms with Gasteiger partial charge in [0.1, 0.15) is 5.69 Å². The number of hydrogen-bond donors (Lipinski definition) is 1. The number of aryl methyl sites for hydroxylation is 2. The summed E-state index contributed by atoms with van der Waals surface area (Å²) in [4.78, 5) is 25.7. The topological polar surface area (TPSA) is 98.7 Å². The van der Waals surface area contributed by atoms with Gasteiger partial charge in [0.15, 0.2) is 0 Å². The molecule has 1 aliphatic rings. The molecule has 1 fully saturated rings. The monoisotopic (exact) mass is 374 g/mol. The van der Waals surface area contributed by atoms with Gasteiger partial charge in [-0.15, -0.1) is 0 Å². The zero-order chi connectivity index (χ0) is 19.3. The molecule has 1 amide bonds. The maximum absolute atomic E-state index is 12.5. The normalized spacial score (nSPS) is 13.8. The maximum Gasteiger partial charge on any atom is 0.268 e. The van der Waals surface area contributed by atoms with E-state index >= 15 is 0 Å². The third-order valence-corrected chi connectivity index (χ3v) is 4.88. The quantitative estimate of drug-likeness (QED) is 0.590. The molecule has 1 aliphatic carbocycles. The minimum Gasteiger partial charge on any atom is -0.348 e. The van der Waals surface area contributed by atoms with E-state index in [1.165, 1.54) is 0 Å². The minimum absolute atomic E-state index is 0.0460. The number of hydrogen-bond acceptors (Lipinski definition) is 6. The largest absolute Gasteiger partial charge is 0.348 e. The van der Waals surface area contributed by atoms with Gasteiger partial charge in [-0.25, -0.2) is 0 Å². The highest BCUT2D eigenvalue weighted by Crippen LogP contribution is 2.26. The van der Waals surface area contributed by atoms with E-state index < -0.39 is 0 Å². The van der Waals surface area contributed by atoms with Crippen LogP contribution in [0, 0.1) is 6.92 Å². The fourth-order valence-electron chi connectivity index (χ4n) is 3.20. The van der Waals surface area contributed by atoms with Crippen molar-refractivity contribution in [3.8, 4) is 22.8 Å². The SMILES string of the molecule is Cc1nc(-c2ccnc(-c3cc4cc(C(=O)NC5CC5)n(C)c4cn3)c2)no1. The summed E-state index contributed by atoms with van der Waals surface area (Å²) in [6.45, 7) is 1.75. The van der Waals surface area contributed by atoms with Gasteiger partial charge >= 0.3 is 0 Å². The van der Waals surface area contributed by atoms with Gasteiger partial charge in [0, 0.05) is 37.2 Å². The molecule has 0 spiro atoms. The van der Waals surface area contributed by atoms with Crippen molar-refractivity contribution in [3.05, 3.63) is 48.2 Å². The van der Waals surface area contributed by atoms with Gasteiger partial charge in [0.2, 0.25) is 11.7 Å². The van der Waals surface area contributed by atoms with Crippen molar-refractivity contribution in [2.24, 2.45) is 7.05 Å². The molecule has 1 N–H and O–H groups in total. The van der Waals surface area contributed by atoms with Gasteiger partial charge in [0.05, 0.1) is 23.1 Å². The van der Waals surface area contributed by atoms with Crippen molar-refractivity contribution in [3.63, 3.8) is 0 Å². The van der Waals surface area contributed by atoms with Crippen molar-refractivity contribution < 1.29 is 9.32 Å². The highest BCUT2D eigenvalue weighted by atomic mass is 16.5. The average Bonchev–Trinajstić information content (AvgIpc) is 3.31. The number of nitrogens with one attached hydrogen (secondary N) is 1. The van der Waals surface area contributed by atoms with Gasteiger partial charge in [-0.1, -0.05) is 5.16 Å². The molecular weight excluding hydrogens is 356 g/mol. The highest BCUT2D eigenvalue weighted by molar-refractivity contribution is 5.99. The smallest absolute Gasteiger partial charge is 0.268 e. The van der Waals surface area contributed by atoms with E-state index in [4.69, 9.17) is 4.52 Å². The Morgan fingerprint density at radius 3 is 2.79 bits per heavy atom. The Labute approximate surface area is 160 Å². The molecule has 0 radical (unpaired) electrons. The van der Waals surface area contributed by atoms with Crippen LogP contribution in [0.4, 0.5) is 0 Å². The molecule has 0 aromatic carbocycles. The predicted octanol–water partition coefficient (Wildman–Crippen LogP) is 2.89. The van der Waals surface area contributed by atoms with Gasteiger partial charge in [-0.3, -0.25) is 14.8 Å². The van der Waals surface area contributed by atoms with Crippen LogP contribution in [0.1, 0.15) is 29.2 Å². The van der Waals surface area contributed by atoms with Crippen LogP contribution in [0.2, 0.25) is 0 Å². The number of nitrogens with zero attached hydrogens (tertiary/aromatic N) is 5. The highest BCUT2D eigenvalue weighted by Gasteiger charge is 2.25. The summed E-state index contributed by atoms with van der Waals surface area (Å²) in [5.74, 6) is 0.977. The summed E-state index contributed by atoms with van der Waals surface area (Å²) < 4.78 is 6.93. The Balaban J connectivity index is 1.52. The summed E-state index contributed by atoms with van der Waals surface area (Å²) in [6, 6.07) is 7.86. The molecule has 1 saturated carbocycles. The molecule has 0 aliphatic heterocycles. The van der Waals surface area contributed by atoms with Crippen LogP contribution in [-0.4, -0.2) is 36.6 Å². The lowest BCUT2D eigenvalue weighted by Crippen LogP contribution is -2.27. The Morgan fingerprint density at radius 2 is 2.04 bits per heavy atom. The van der Waals surface area contributed by atoms with Gasteiger partial charge in [0.25, 0.3) is 5.91 Å². The van der Waals surface area contributed by atoms with Crippen LogP contribution in [-0.2, 0) is 7.05 Å². The third-order valence-electron chi connectivity index (χ3n) is 4.88. The summed E-state index contributed by atoms with van der Waals surface area (Å²) >= 11 is 0. The van der Waals surface area contributed by atoms with Crippen LogP contribution in [0.3, 0.4) is 0 Å². The van der Waals surface area contributed by atoms with Crippen LogP contribution in [0.25, 0.3) is 33.7 Å². The van der Waals surface area contributed by atoms with E-state index in [1.54, 1.807) is 19.3 Å². The summed E-state index contributed by atoms with van der Waals surface area (Å²) in [5, 5.41) is 7.92. The third kappa shape index (κ3) is 2.92. The Kier molecular flexibility index (Phi) is 3.71. The number of pyridine rings is 2. The molecule has 140 valence electrons. The van der Waals surface area contributed by atoms with Crippen LogP contribution >= 0.6 is 0 Å². The van der Waals surface area contributed by atoms with Crippen molar-refractivity contribution in [1.82, 2.24) is 30.0 Å². The summed E-state index contributed by atoms with van der Waals surface area (Å²) in [6.07, 6.45) is 5.58. The van der Waals surface area contributed by atoms with E-state index in [1.807, 2.05) is 35.9 Å². The molecule has 0 bridgehead atoms. The number of carbonyl (C=O) groups is 1. The fraction of sp³-hybridized carbons (Fsp3) is 0.250. The van der Waals surface area contributed by atoms with Crippen LogP contribution in [0.15, 0.2) is 41.2 Å². The first kappa shape index (κ1) is 16.6. The second kappa shape index (κ2) is 6.26. The molecule has 4 aromatic rings. The zero-order valence-corrected chi connectivity index (χ0v) is 15.5. The number of amides is 1. The molecule has 0 atom stereocenters. The lowest BCUT2D eigenvalue weighted by atomic mass is 10.1. The van der Waals surface area contributed by atoms with Crippen molar-refractivity contribution in [2.75, 3.05) is 0 Å². The second-order valence-electron chi connectivity index (χ2n) is 7.03. The summed E-state index contributed by atoms with van der Waals surface area (Å²) in [5.41, 5.74) is 3.75. The van der Waals surface area contributed by atoms with E-state index in [2.05, 4.69) is 25.4 Å². The Morgan fingerprint density at radius 1 is 1.21 bits per heavy atom. The molecule has 0 saturated heterocycles. The average molecular weight is 374 g/mol. The molecule has 0 unspecified atom stereocenters. The standard InChI is InChI=1S/C20H18N6O2/c1-11-23-19(25-28-11)12-5-6-21-15(7-12)16-8-13-9-17(20(27)24-14-3-4-14)26(2)18(13)10-22-16/h5-10,14H,3-4H2,1-2H3,(H,24,27). The fourth-order valence-corrected chi connectivity index (χ4v) is 3.20. The molecule has 8 heteroatoms. The van der Waals surface area contributed by atoms with Gasteiger partial charge in [-0.05, 0) is 37.1 Å². The van der Waals surface area contributed by atoms with E-state index in [0.29, 0.717) is 34.8 Å². The first-order chi connectivity index (χ1) is 13.6. The van der Waals surface area contributed by atoms with E-state index in [-0.39, 0.29) is 5.91 Å². The number of carbonyl (C=O) groups excluding carboxylic acids is 1. The van der Waals surface area contributed by atoms with Crippen LogP contribution < -0.4 is 5.32 Å². The lowest BCUT2D eigenvalue weighted by Gasteiger charge is -2.05. The minimum atomic E-state index is -0.0460. The molecule has 8 nitrogen and oxygen atoms in total. The molecular formula is C20H18N6O2. The van der Waals surface area contributed by atoms with Crippen molar-refractivity contribution >= 4 is 16.8 Å². The number of fused-ring (bicyclic) bond motifs is 1. The first-order valence-corrected chi connectivity index (χ1v) is 9.12. The maximum atomic E-state index is 12.5. The van der Waals surface area contributed by atoms with E-state index in [0.717, 1.165) is 29.3 Å². The number of rotatable bonds is 4. The van der Waals surface area contributed by atoms with Crippen molar-refractivity contribution in [1.29, 1.82) is 0 Å². The lowest BCUT2D eigenvalue weighted by molar-refractivity contribution is 0.0943. The van der Waals surface area contributed by atoms with E-state index in [9.17, 15) is 4.79 Å². The predicted molar refractivity (Wildman–Crippen MR) is 102 cm³/mol. The van der Waals surface area contributed by atoms with Crippen LogP contribution in [0.5, 0.6) is 0 Å². The Bertz CT molecular complexity index is 1200. The molecule has 4 aromatic heterocycles. The summed E-state index contributed by atoms with van der Waals surface area (Å²) in [7, 11) is 1.88.